The summed E-state index contributed by atoms with van der Waals surface area (Å²) >= 11 is 0. The molecule has 0 saturated carbocycles. The van der Waals surface area contributed by atoms with Crippen molar-refractivity contribution in [3.8, 4) is 0 Å². The van der Waals surface area contributed by atoms with Crippen molar-refractivity contribution in [2.24, 2.45) is 5.73 Å². The van der Waals surface area contributed by atoms with Gasteiger partial charge in [-0.3, -0.25) is 14.9 Å². The molecule has 1 aromatic rings. The van der Waals surface area contributed by atoms with Gasteiger partial charge >= 0.3 is 0 Å². The van der Waals surface area contributed by atoms with E-state index in [0.717, 1.165) is 0 Å². The Morgan fingerprint density at radius 2 is 2.20 bits per heavy atom. The molecule has 110 valence electrons. The molecule has 1 aromatic carbocycles. The van der Waals surface area contributed by atoms with Crippen molar-refractivity contribution in [2.45, 2.75) is 6.42 Å². The number of amides is 1. The molecule has 0 heterocycles. The van der Waals surface area contributed by atoms with Gasteiger partial charge in [0.15, 0.2) is 0 Å². The normalized spacial score (nSPS) is 10.2. The number of ether oxygens (including phenoxy) is 1. The van der Waals surface area contributed by atoms with Gasteiger partial charge in [-0.05, 0) is 18.6 Å². The van der Waals surface area contributed by atoms with Gasteiger partial charge in [-0.2, -0.15) is 0 Å². The maximum absolute atomic E-state index is 11.1. The second-order valence-corrected chi connectivity index (χ2v) is 3.97. The lowest BCUT2D eigenvalue weighted by Crippen LogP contribution is -2.13. The van der Waals surface area contributed by atoms with Crippen LogP contribution in [0.25, 0.3) is 0 Å². The molecule has 0 aromatic heterocycles. The molecule has 8 nitrogen and oxygen atoms in total. The Morgan fingerprint density at radius 3 is 2.80 bits per heavy atom. The van der Waals surface area contributed by atoms with Crippen LogP contribution in [0, 0.1) is 10.1 Å². The molecule has 0 spiro atoms. The third kappa shape index (κ3) is 4.82. The predicted octanol–water partition coefficient (Wildman–Crippen LogP) is 0.505. The number of aliphatic hydroxyl groups excluding tert-OH is 1. The molecule has 0 aliphatic heterocycles. The molecule has 0 saturated heterocycles. The van der Waals surface area contributed by atoms with E-state index in [2.05, 4.69) is 5.32 Å². The molecule has 4 N–H and O–H groups in total. The van der Waals surface area contributed by atoms with Gasteiger partial charge in [-0.15, -0.1) is 0 Å². The lowest BCUT2D eigenvalue weighted by atomic mass is 10.1. The van der Waals surface area contributed by atoms with Crippen LogP contribution < -0.4 is 11.1 Å². The molecule has 0 atom stereocenters. The van der Waals surface area contributed by atoms with Crippen molar-refractivity contribution in [1.29, 1.82) is 0 Å². The van der Waals surface area contributed by atoms with Crippen LogP contribution in [0.2, 0.25) is 0 Å². The summed E-state index contributed by atoms with van der Waals surface area (Å²) in [6.45, 7) is 1.09. The van der Waals surface area contributed by atoms with Gasteiger partial charge in [0.25, 0.3) is 5.69 Å². The number of carbonyl (C=O) groups excluding carboxylic acids is 1. The number of benzene rings is 1. The Bertz CT molecular complexity index is 478. The topological polar surface area (TPSA) is 128 Å². The van der Waals surface area contributed by atoms with E-state index >= 15 is 0 Å². The number of hydrogen-bond acceptors (Lipinski definition) is 6. The number of carbonyl (C=O) groups is 1. The number of hydrogen-bond donors (Lipinski definition) is 3. The van der Waals surface area contributed by atoms with Crippen LogP contribution in [0.1, 0.15) is 16.8 Å². The first-order valence-electron chi connectivity index (χ1n) is 6.07. The van der Waals surface area contributed by atoms with Crippen molar-refractivity contribution in [1.82, 2.24) is 0 Å². The fraction of sp³-hybridized carbons (Fsp3) is 0.417. The number of rotatable bonds is 9. The molecule has 8 heteroatoms. The van der Waals surface area contributed by atoms with E-state index in [0.29, 0.717) is 19.6 Å². The van der Waals surface area contributed by atoms with Crippen LogP contribution >= 0.6 is 0 Å². The van der Waals surface area contributed by atoms with Crippen molar-refractivity contribution < 1.29 is 19.6 Å². The molecule has 0 fully saturated rings. The minimum Gasteiger partial charge on any atom is -0.394 e. The average Bonchev–Trinajstić information content (AvgIpc) is 2.42. The number of aliphatic hydroxyl groups is 1. The Balaban J connectivity index is 2.63. The molecular formula is C12H17N3O5. The van der Waals surface area contributed by atoms with Crippen molar-refractivity contribution in [3.63, 3.8) is 0 Å². The van der Waals surface area contributed by atoms with Crippen LogP contribution in [0.4, 0.5) is 11.4 Å². The largest absolute Gasteiger partial charge is 0.394 e. The minimum absolute atomic E-state index is 0.0421. The lowest BCUT2D eigenvalue weighted by Gasteiger charge is -2.08. The maximum atomic E-state index is 11.1. The van der Waals surface area contributed by atoms with Crippen molar-refractivity contribution >= 4 is 17.3 Å². The van der Waals surface area contributed by atoms with Gasteiger partial charge < -0.3 is 20.9 Å². The van der Waals surface area contributed by atoms with E-state index in [1.54, 1.807) is 0 Å². The van der Waals surface area contributed by atoms with E-state index in [4.69, 9.17) is 15.6 Å². The van der Waals surface area contributed by atoms with Gasteiger partial charge in [0.1, 0.15) is 5.69 Å². The summed E-state index contributed by atoms with van der Waals surface area (Å²) in [5.41, 5.74) is 5.47. The second-order valence-electron chi connectivity index (χ2n) is 3.97. The molecule has 1 amide bonds. The van der Waals surface area contributed by atoms with E-state index in [9.17, 15) is 14.9 Å². The quantitative estimate of drug-likeness (QED) is 0.344. The summed E-state index contributed by atoms with van der Waals surface area (Å²) in [5.74, 6) is -0.644. The molecule has 0 unspecified atom stereocenters. The summed E-state index contributed by atoms with van der Waals surface area (Å²) in [6.07, 6.45) is 0.609. The predicted molar refractivity (Wildman–Crippen MR) is 72.6 cm³/mol. The summed E-state index contributed by atoms with van der Waals surface area (Å²) < 4.78 is 5.06. The third-order valence-corrected chi connectivity index (χ3v) is 2.49. The van der Waals surface area contributed by atoms with Crippen LogP contribution in [0.3, 0.4) is 0 Å². The van der Waals surface area contributed by atoms with Crippen molar-refractivity contribution in [2.75, 3.05) is 31.7 Å². The zero-order valence-electron chi connectivity index (χ0n) is 10.9. The van der Waals surface area contributed by atoms with Crippen LogP contribution in [-0.4, -0.2) is 42.3 Å². The second kappa shape index (κ2) is 8.08. The molecule has 0 aliphatic carbocycles. The number of nitrogens with one attached hydrogen (secondary N) is 1. The number of nitrogens with two attached hydrogens (primary N) is 1. The number of anilines is 1. The standard InChI is InChI=1S/C12H17N3O5/c13-12(17)9-2-3-11(15(18)19)10(8-9)14-4-1-6-20-7-5-16/h2-3,8,14,16H,1,4-7H2,(H2,13,17). The number of nitro benzene ring substituents is 1. The molecule has 0 bridgehead atoms. The summed E-state index contributed by atoms with van der Waals surface area (Å²) in [7, 11) is 0. The molecule has 1 rings (SSSR count). The van der Waals surface area contributed by atoms with Gasteiger partial charge in [0.05, 0.1) is 18.1 Å². The van der Waals surface area contributed by atoms with Gasteiger partial charge in [-0.1, -0.05) is 0 Å². The molecule has 0 aliphatic rings. The first-order valence-corrected chi connectivity index (χ1v) is 6.07. The van der Waals surface area contributed by atoms with E-state index in [-0.39, 0.29) is 30.2 Å². The zero-order valence-corrected chi connectivity index (χ0v) is 10.9. The summed E-state index contributed by atoms with van der Waals surface area (Å²) in [4.78, 5) is 21.4. The highest BCUT2D eigenvalue weighted by Crippen LogP contribution is 2.25. The van der Waals surface area contributed by atoms with Crippen LogP contribution in [0.5, 0.6) is 0 Å². The monoisotopic (exact) mass is 283 g/mol. The highest BCUT2D eigenvalue weighted by molar-refractivity contribution is 5.94. The number of nitrogens with zero attached hydrogens (tertiary/aromatic N) is 1. The average molecular weight is 283 g/mol. The Morgan fingerprint density at radius 1 is 1.45 bits per heavy atom. The molecule has 0 radical (unpaired) electrons. The first-order chi connectivity index (χ1) is 9.56. The highest BCUT2D eigenvalue weighted by Gasteiger charge is 2.15. The fourth-order valence-corrected chi connectivity index (χ4v) is 1.55. The SMILES string of the molecule is NC(=O)c1ccc([N+](=O)[O-])c(NCCCOCCO)c1. The summed E-state index contributed by atoms with van der Waals surface area (Å²) in [6, 6.07) is 3.91. The first kappa shape index (κ1) is 15.9. The minimum atomic E-state index is -0.644. The molecule has 20 heavy (non-hydrogen) atoms. The van der Waals surface area contributed by atoms with Crippen LogP contribution in [0.15, 0.2) is 18.2 Å². The van der Waals surface area contributed by atoms with Gasteiger partial charge in [0, 0.05) is 24.8 Å². The maximum Gasteiger partial charge on any atom is 0.292 e. The van der Waals surface area contributed by atoms with Crippen LogP contribution in [-0.2, 0) is 4.74 Å². The smallest absolute Gasteiger partial charge is 0.292 e. The summed E-state index contributed by atoms with van der Waals surface area (Å²) in [5, 5.41) is 22.3. The Hall–Kier alpha value is -2.19. The van der Waals surface area contributed by atoms with Gasteiger partial charge in [-0.25, -0.2) is 0 Å². The number of primary amides is 1. The van der Waals surface area contributed by atoms with Gasteiger partial charge in [0.2, 0.25) is 5.91 Å². The van der Waals surface area contributed by atoms with E-state index < -0.39 is 10.8 Å². The van der Waals surface area contributed by atoms with E-state index in [1.165, 1.54) is 18.2 Å². The third-order valence-electron chi connectivity index (χ3n) is 2.49. The number of nitro groups is 1. The van der Waals surface area contributed by atoms with E-state index in [1.807, 2.05) is 0 Å². The lowest BCUT2D eigenvalue weighted by molar-refractivity contribution is -0.384. The highest BCUT2D eigenvalue weighted by atomic mass is 16.6. The Kier molecular flexibility index (Phi) is 6.41. The Labute approximate surface area is 115 Å². The van der Waals surface area contributed by atoms with Crippen molar-refractivity contribution in [3.05, 3.63) is 33.9 Å². The fourth-order valence-electron chi connectivity index (χ4n) is 1.55. The zero-order chi connectivity index (χ0) is 15.0. The molecular weight excluding hydrogens is 266 g/mol.